The molecule has 0 aromatic heterocycles. The third-order valence-corrected chi connectivity index (χ3v) is 4.36. The van der Waals surface area contributed by atoms with E-state index >= 15 is 0 Å². The van der Waals surface area contributed by atoms with E-state index in [1.165, 1.54) is 6.07 Å². The second-order valence-electron chi connectivity index (χ2n) is 6.03. The maximum absolute atomic E-state index is 13.9. The predicted octanol–water partition coefficient (Wildman–Crippen LogP) is 4.79. The van der Waals surface area contributed by atoms with Gasteiger partial charge >= 0.3 is 6.18 Å². The van der Waals surface area contributed by atoms with Gasteiger partial charge in [-0.1, -0.05) is 32.3 Å². The number of hydrogen-bond donors (Lipinski definition) is 1. The molecule has 1 aliphatic heterocycles. The first-order valence-electron chi connectivity index (χ1n) is 8.25. The van der Waals surface area contributed by atoms with Crippen molar-refractivity contribution in [3.05, 3.63) is 35.1 Å². The molecular weight excluding hydrogens is 344 g/mol. The van der Waals surface area contributed by atoms with Gasteiger partial charge in [-0.25, -0.2) is 4.39 Å². The van der Waals surface area contributed by atoms with E-state index < -0.39 is 17.6 Å². The fourth-order valence-corrected chi connectivity index (χ4v) is 3.11. The number of unbranched alkanes of at least 4 members (excludes halogenated alkanes) is 2. The van der Waals surface area contributed by atoms with Gasteiger partial charge in [0.15, 0.2) is 0 Å². The van der Waals surface area contributed by atoms with E-state index in [0.717, 1.165) is 64.0 Å². The van der Waals surface area contributed by atoms with Crippen molar-refractivity contribution < 1.29 is 17.6 Å². The van der Waals surface area contributed by atoms with Crippen molar-refractivity contribution in [1.29, 1.82) is 0 Å². The lowest BCUT2D eigenvalue weighted by Crippen LogP contribution is -2.45. The number of nitrogens with zero attached hydrogens (tertiary/aromatic N) is 1. The lowest BCUT2D eigenvalue weighted by Gasteiger charge is -2.35. The Morgan fingerprint density at radius 2 is 1.83 bits per heavy atom. The fraction of sp³-hybridized carbons (Fsp3) is 0.647. The minimum atomic E-state index is -4.64. The van der Waals surface area contributed by atoms with Crippen molar-refractivity contribution in [2.45, 2.75) is 44.8 Å². The minimum absolute atomic E-state index is 0. The summed E-state index contributed by atoms with van der Waals surface area (Å²) in [6.45, 7) is 5.48. The number of benzene rings is 1. The van der Waals surface area contributed by atoms with E-state index in [-0.39, 0.29) is 18.4 Å². The van der Waals surface area contributed by atoms with Gasteiger partial charge in [0.25, 0.3) is 0 Å². The smallest absolute Gasteiger partial charge is 0.314 e. The number of hydrogen-bond acceptors (Lipinski definition) is 2. The molecule has 138 valence electrons. The average molecular weight is 369 g/mol. The molecule has 0 radical (unpaired) electrons. The van der Waals surface area contributed by atoms with Gasteiger partial charge in [-0.05, 0) is 24.1 Å². The van der Waals surface area contributed by atoms with Crippen LogP contribution in [0.4, 0.5) is 17.6 Å². The Hall–Kier alpha value is -0.850. The third-order valence-electron chi connectivity index (χ3n) is 4.36. The van der Waals surface area contributed by atoms with Crippen molar-refractivity contribution in [1.82, 2.24) is 10.2 Å². The normalized spacial score (nSPS) is 17.4. The van der Waals surface area contributed by atoms with E-state index in [1.54, 1.807) is 0 Å². The summed E-state index contributed by atoms with van der Waals surface area (Å²) in [5.41, 5.74) is -0.539. The summed E-state index contributed by atoms with van der Waals surface area (Å²) < 4.78 is 52.1. The largest absolute Gasteiger partial charge is 0.419 e. The first kappa shape index (κ1) is 21.2. The highest BCUT2D eigenvalue weighted by atomic mass is 35.5. The summed E-state index contributed by atoms with van der Waals surface area (Å²) in [6, 6.07) is 3.37. The molecule has 1 saturated heterocycles. The van der Waals surface area contributed by atoms with Crippen LogP contribution < -0.4 is 5.32 Å². The Morgan fingerprint density at radius 1 is 1.17 bits per heavy atom. The van der Waals surface area contributed by atoms with Crippen LogP contribution >= 0.6 is 12.4 Å². The molecule has 2 nitrogen and oxygen atoms in total. The van der Waals surface area contributed by atoms with Crippen LogP contribution in [0.1, 0.15) is 49.8 Å². The van der Waals surface area contributed by atoms with Gasteiger partial charge in [0.2, 0.25) is 0 Å². The Bertz CT molecular complexity index is 502. The second-order valence-corrected chi connectivity index (χ2v) is 6.03. The molecule has 0 bridgehead atoms. The van der Waals surface area contributed by atoms with Gasteiger partial charge in [-0.2, -0.15) is 13.2 Å². The van der Waals surface area contributed by atoms with Gasteiger partial charge in [0.1, 0.15) is 5.82 Å². The fourth-order valence-electron chi connectivity index (χ4n) is 3.11. The average Bonchev–Trinajstić information content (AvgIpc) is 2.51. The van der Waals surface area contributed by atoms with Crippen LogP contribution in [-0.4, -0.2) is 31.1 Å². The van der Waals surface area contributed by atoms with Crippen LogP contribution in [0.5, 0.6) is 0 Å². The van der Waals surface area contributed by atoms with E-state index in [0.29, 0.717) is 5.56 Å². The quantitative estimate of drug-likeness (QED) is 0.573. The van der Waals surface area contributed by atoms with E-state index in [1.807, 2.05) is 0 Å². The molecule has 0 saturated carbocycles. The summed E-state index contributed by atoms with van der Waals surface area (Å²) in [5, 5.41) is 3.26. The van der Waals surface area contributed by atoms with Crippen molar-refractivity contribution in [2.24, 2.45) is 0 Å². The number of nitrogens with one attached hydrogen (secondary N) is 1. The van der Waals surface area contributed by atoms with Gasteiger partial charge in [0.05, 0.1) is 5.56 Å². The Labute approximate surface area is 147 Å². The molecular formula is C17H25ClF4N2. The van der Waals surface area contributed by atoms with Crippen LogP contribution in [0.15, 0.2) is 18.2 Å². The molecule has 1 atom stereocenters. The highest BCUT2D eigenvalue weighted by Gasteiger charge is 2.34. The molecule has 1 aromatic rings. The lowest BCUT2D eigenvalue weighted by atomic mass is 9.96. The zero-order valence-corrected chi connectivity index (χ0v) is 14.7. The number of halogens is 5. The molecule has 1 heterocycles. The van der Waals surface area contributed by atoms with Crippen molar-refractivity contribution in [3.63, 3.8) is 0 Å². The van der Waals surface area contributed by atoms with Crippen LogP contribution in [0.2, 0.25) is 0 Å². The van der Waals surface area contributed by atoms with Crippen molar-refractivity contribution >= 4 is 12.4 Å². The summed E-state index contributed by atoms with van der Waals surface area (Å²) in [5.74, 6) is -1.18. The molecule has 0 amide bonds. The summed E-state index contributed by atoms with van der Waals surface area (Å²) in [6.07, 6.45) is -0.650. The monoisotopic (exact) mass is 368 g/mol. The van der Waals surface area contributed by atoms with Crippen molar-refractivity contribution in [3.8, 4) is 0 Å². The van der Waals surface area contributed by atoms with Gasteiger partial charge < -0.3 is 5.32 Å². The molecule has 7 heteroatoms. The van der Waals surface area contributed by atoms with E-state index in [2.05, 4.69) is 17.1 Å². The molecule has 1 aromatic carbocycles. The van der Waals surface area contributed by atoms with Crippen LogP contribution in [0.25, 0.3) is 0 Å². The molecule has 24 heavy (non-hydrogen) atoms. The highest BCUT2D eigenvalue weighted by Crippen LogP contribution is 2.34. The molecule has 0 spiro atoms. The van der Waals surface area contributed by atoms with Gasteiger partial charge in [0, 0.05) is 32.2 Å². The Balaban J connectivity index is 0.00000288. The van der Waals surface area contributed by atoms with E-state index in [9.17, 15) is 17.6 Å². The first-order chi connectivity index (χ1) is 10.9. The second kappa shape index (κ2) is 9.59. The maximum atomic E-state index is 13.9. The first-order valence-corrected chi connectivity index (χ1v) is 8.25. The topological polar surface area (TPSA) is 15.3 Å². The van der Waals surface area contributed by atoms with Crippen LogP contribution in [-0.2, 0) is 6.18 Å². The molecule has 0 aliphatic carbocycles. The summed E-state index contributed by atoms with van der Waals surface area (Å²) in [4.78, 5) is 2.24. The molecule has 1 fully saturated rings. The summed E-state index contributed by atoms with van der Waals surface area (Å²) >= 11 is 0. The third kappa shape index (κ3) is 5.60. The molecule has 1 aliphatic rings. The number of rotatable bonds is 6. The Kier molecular flexibility index (Phi) is 8.46. The SMILES string of the molecule is CCCCC[C@@H](c1ccc(C(F)(F)F)c(F)c1)N1CCNCC1.Cl. The van der Waals surface area contributed by atoms with E-state index in [4.69, 9.17) is 0 Å². The zero-order valence-electron chi connectivity index (χ0n) is 13.8. The lowest BCUT2D eigenvalue weighted by molar-refractivity contribution is -0.140. The number of alkyl halides is 3. The maximum Gasteiger partial charge on any atom is 0.419 e. The minimum Gasteiger partial charge on any atom is -0.314 e. The molecule has 0 unspecified atom stereocenters. The molecule has 1 N–H and O–H groups in total. The molecule has 2 rings (SSSR count). The zero-order chi connectivity index (χ0) is 16.9. The standard InChI is InChI=1S/C17H24F4N2.ClH/c1-2-3-4-5-16(23-10-8-22-9-11-23)13-6-7-14(15(18)12-13)17(19,20)21;/h6-7,12,16,22H,2-5,8-11H2,1H3;1H/t16-;/m0./s1. The van der Waals surface area contributed by atoms with Gasteiger partial charge in [-0.3, -0.25) is 4.90 Å². The Morgan fingerprint density at radius 3 is 2.38 bits per heavy atom. The highest BCUT2D eigenvalue weighted by molar-refractivity contribution is 5.85. The van der Waals surface area contributed by atoms with Crippen LogP contribution in [0.3, 0.4) is 0 Å². The van der Waals surface area contributed by atoms with Gasteiger partial charge in [-0.15, -0.1) is 12.4 Å². The number of piperazine rings is 1. The summed E-state index contributed by atoms with van der Waals surface area (Å²) in [7, 11) is 0. The van der Waals surface area contributed by atoms with Crippen molar-refractivity contribution in [2.75, 3.05) is 26.2 Å². The van der Waals surface area contributed by atoms with Crippen LogP contribution in [0, 0.1) is 5.82 Å². The predicted molar refractivity (Wildman–Crippen MR) is 90.0 cm³/mol.